The highest BCUT2D eigenvalue weighted by Gasteiger charge is 2.33. The minimum Gasteiger partial charge on any atom is -0.427 e. The first kappa shape index (κ1) is 55.2. The maximum atomic E-state index is 9.02. The van der Waals surface area contributed by atoms with Crippen molar-refractivity contribution in [3.05, 3.63) is 117 Å². The molecule has 356 valence electrons. The average Bonchev–Trinajstić information content (AvgIpc) is 3.08. The summed E-state index contributed by atoms with van der Waals surface area (Å²) in [5, 5.41) is 0. The molecular weight excluding hydrogens is 831 g/mol. The molecule has 0 fully saturated rings. The molecule has 0 heterocycles. The van der Waals surface area contributed by atoms with Gasteiger partial charge in [0.1, 0.15) is 23.0 Å². The molecule has 8 heteroatoms. The Hall–Kier alpha value is -3.14. The molecule has 0 aliphatic carbocycles. The largest absolute Gasteiger partial charge is 0.530 e. The van der Waals surface area contributed by atoms with E-state index in [1.54, 1.807) is 0 Å². The lowest BCUT2D eigenvalue weighted by atomic mass is 9.80. The first-order valence-corrected chi connectivity index (χ1v) is 25.2. The van der Waals surface area contributed by atoms with Gasteiger partial charge in [0, 0.05) is 22.3 Å². The molecule has 6 nitrogen and oxygen atoms in total. The molecule has 0 saturated carbocycles. The van der Waals surface area contributed by atoms with Crippen LogP contribution in [0.4, 0.5) is 0 Å². The molecule has 4 aromatic rings. The van der Waals surface area contributed by atoms with Gasteiger partial charge in [0.15, 0.2) is 0 Å². The third-order valence-corrected chi connectivity index (χ3v) is 12.7. The molecule has 0 amide bonds. The van der Waals surface area contributed by atoms with Crippen LogP contribution in [0.1, 0.15) is 211 Å². The Kier molecular flexibility index (Phi) is 16.9. The van der Waals surface area contributed by atoms with E-state index in [2.05, 4.69) is 227 Å². The van der Waals surface area contributed by atoms with E-state index in [1.165, 1.54) is 22.3 Å². The molecule has 0 unspecified atom stereocenters. The van der Waals surface area contributed by atoms with E-state index in [-0.39, 0.29) is 43.3 Å². The highest BCUT2D eigenvalue weighted by molar-refractivity contribution is 7.43. The fourth-order valence-electron chi connectivity index (χ4n) is 7.03. The highest BCUT2D eigenvalue weighted by Crippen LogP contribution is 2.50. The van der Waals surface area contributed by atoms with Gasteiger partial charge in [-0.2, -0.15) is 0 Å². The van der Waals surface area contributed by atoms with Crippen LogP contribution < -0.4 is 18.1 Å². The third kappa shape index (κ3) is 15.5. The summed E-state index contributed by atoms with van der Waals surface area (Å²) in [6.07, 6.45) is 0. The third-order valence-electron chi connectivity index (χ3n) is 11.3. The summed E-state index contributed by atoms with van der Waals surface area (Å²) in [4.78, 5) is 18.0. The molecule has 4 rings (SSSR count). The fourth-order valence-corrected chi connectivity index (χ4v) is 8.44. The predicted octanol–water partition coefficient (Wildman–Crippen LogP) is 17.1. The van der Waals surface area contributed by atoms with Crippen molar-refractivity contribution in [2.24, 2.45) is 0 Å². The van der Waals surface area contributed by atoms with Gasteiger partial charge < -0.3 is 27.9 Å². The van der Waals surface area contributed by atoms with E-state index < -0.39 is 17.2 Å². The molecule has 2 N–H and O–H groups in total. The van der Waals surface area contributed by atoms with Crippen molar-refractivity contribution in [3.63, 3.8) is 0 Å². The zero-order valence-corrected chi connectivity index (χ0v) is 46.1. The van der Waals surface area contributed by atoms with E-state index >= 15 is 0 Å². The van der Waals surface area contributed by atoms with Crippen LogP contribution in [0.2, 0.25) is 0 Å². The molecule has 0 saturated heterocycles. The summed E-state index contributed by atoms with van der Waals surface area (Å²) in [5.41, 5.74) is 9.00. The van der Waals surface area contributed by atoms with Crippen molar-refractivity contribution in [3.8, 4) is 23.0 Å². The second-order valence-corrected chi connectivity index (χ2v) is 27.4. The van der Waals surface area contributed by atoms with E-state index in [0.717, 1.165) is 39.5 Å². The molecule has 64 heavy (non-hydrogen) atoms. The first-order chi connectivity index (χ1) is 28.6. The van der Waals surface area contributed by atoms with E-state index in [4.69, 9.17) is 27.9 Å². The van der Waals surface area contributed by atoms with Gasteiger partial charge >= 0.3 is 17.2 Å². The average molecular weight is 917 g/mol. The second-order valence-electron chi connectivity index (χ2n) is 25.7. The fraction of sp³-hybridized carbons (Fsp3) is 0.571. The second kappa shape index (κ2) is 19.6. The monoisotopic (exact) mass is 917 g/mol. The number of hydrogen-bond donors (Lipinski definition) is 2. The summed E-state index contributed by atoms with van der Waals surface area (Å²) in [5.74, 6) is 2.92. The van der Waals surface area contributed by atoms with Crippen LogP contribution in [0.15, 0.2) is 72.8 Å². The molecule has 4 aromatic carbocycles. The molecular formula is C56H86O6P2. The Bertz CT molecular complexity index is 2000. The zero-order chi connectivity index (χ0) is 49.4. The van der Waals surface area contributed by atoms with Crippen LogP contribution in [0.25, 0.3) is 0 Å². The minimum absolute atomic E-state index is 0.0170. The minimum atomic E-state index is -2.38. The topological polar surface area (TPSA) is 77.4 Å². The smallest absolute Gasteiger partial charge is 0.427 e. The van der Waals surface area contributed by atoms with Gasteiger partial charge in [-0.1, -0.05) is 215 Å². The lowest BCUT2D eigenvalue weighted by molar-refractivity contribution is 0.368. The van der Waals surface area contributed by atoms with Crippen LogP contribution in [0.5, 0.6) is 23.0 Å². The van der Waals surface area contributed by atoms with Gasteiger partial charge in [-0.15, -0.1) is 0 Å². The van der Waals surface area contributed by atoms with Crippen molar-refractivity contribution in [2.45, 2.75) is 209 Å². The number of benzene rings is 4. The molecule has 0 radical (unpaired) electrons. The van der Waals surface area contributed by atoms with Gasteiger partial charge in [0.2, 0.25) is 0 Å². The van der Waals surface area contributed by atoms with Crippen LogP contribution >= 0.6 is 17.2 Å². The first-order valence-electron chi connectivity index (χ1n) is 22.9. The van der Waals surface area contributed by atoms with Crippen LogP contribution in [-0.2, 0) is 43.3 Å². The zero-order valence-electron chi connectivity index (χ0n) is 44.4. The Balaban J connectivity index is 0.000000505. The Morgan fingerprint density at radius 1 is 0.281 bits per heavy atom. The van der Waals surface area contributed by atoms with Gasteiger partial charge in [-0.3, -0.25) is 0 Å². The Morgan fingerprint density at radius 3 is 0.625 bits per heavy atom. The van der Waals surface area contributed by atoms with Crippen LogP contribution in [0.3, 0.4) is 0 Å². The number of rotatable bonds is 8. The quantitative estimate of drug-likeness (QED) is 0.172. The van der Waals surface area contributed by atoms with Crippen molar-refractivity contribution < 1.29 is 27.9 Å². The van der Waals surface area contributed by atoms with Crippen LogP contribution in [0, 0.1) is 0 Å². The summed E-state index contributed by atoms with van der Waals surface area (Å²) in [6.45, 7) is 53.0. The highest BCUT2D eigenvalue weighted by atomic mass is 31.2. The van der Waals surface area contributed by atoms with Crippen molar-refractivity contribution in [2.75, 3.05) is 0 Å². The predicted molar refractivity (Wildman–Crippen MR) is 276 cm³/mol. The van der Waals surface area contributed by atoms with Gasteiger partial charge in [0.05, 0.1) is 0 Å². The lowest BCUT2D eigenvalue weighted by Crippen LogP contribution is -2.20. The van der Waals surface area contributed by atoms with Crippen molar-refractivity contribution in [1.82, 2.24) is 0 Å². The lowest BCUT2D eigenvalue weighted by Gasteiger charge is -2.31. The molecule has 0 aromatic heterocycles. The maximum Gasteiger partial charge on any atom is 0.530 e. The molecule has 0 aliphatic rings. The molecule has 0 aliphatic heterocycles. The normalized spacial score (nSPS) is 13.4. The van der Waals surface area contributed by atoms with Crippen molar-refractivity contribution >= 4 is 17.2 Å². The molecule has 0 bridgehead atoms. The molecule has 0 atom stereocenters. The SMILES string of the molecule is CC(C)(C)c1ccc(OP(O)O)c(C(C)(C)C)c1.CC(C)(C)c1ccc(OP(Oc2ccc(C(C)(C)C)cc2C(C)(C)C)Oc2ccc(C(C)(C)C)cc2C(C)(C)C)c(C(C)(C)C)c1. The van der Waals surface area contributed by atoms with Gasteiger partial charge in [0.25, 0.3) is 0 Å². The Morgan fingerprint density at radius 2 is 0.469 bits per heavy atom. The number of hydrogen-bond acceptors (Lipinski definition) is 6. The van der Waals surface area contributed by atoms with Crippen LogP contribution in [-0.4, -0.2) is 9.79 Å². The Labute approximate surface area is 393 Å². The summed E-state index contributed by atoms with van der Waals surface area (Å²) >= 11 is 0. The van der Waals surface area contributed by atoms with E-state index in [9.17, 15) is 0 Å². The summed E-state index contributed by atoms with van der Waals surface area (Å²) < 4.78 is 25.8. The summed E-state index contributed by atoms with van der Waals surface area (Å²) in [7, 11) is -4.27. The summed E-state index contributed by atoms with van der Waals surface area (Å²) in [6, 6.07) is 25.6. The standard InChI is InChI=1S/C42H63O3P.C14H23O3P/c1-37(2,3)28-19-22-34(31(25-28)40(10,11)12)43-46(44-35-23-20-29(38(4,5)6)26-32(35)41(13,14)15)45-36-24-21-30(39(7,8)9)27-33(36)42(16,17)18;1-13(2,3)10-7-8-12(17-18(15)16)11(9-10)14(4,5)6/h19-27H,1-18H3;7-9,15-16H,1-6H3. The van der Waals surface area contributed by atoms with Gasteiger partial charge in [-0.05, 0) is 89.8 Å². The van der Waals surface area contributed by atoms with E-state index in [1.807, 2.05) is 12.1 Å². The van der Waals surface area contributed by atoms with Crippen molar-refractivity contribution in [1.29, 1.82) is 0 Å². The van der Waals surface area contributed by atoms with Gasteiger partial charge in [-0.25, -0.2) is 0 Å². The molecule has 0 spiro atoms. The van der Waals surface area contributed by atoms with E-state index in [0.29, 0.717) is 5.75 Å². The maximum absolute atomic E-state index is 9.02.